The molecular weight excluding hydrogens is 569 g/mol. The molecule has 0 saturated carbocycles. The summed E-state index contributed by atoms with van der Waals surface area (Å²) in [5, 5.41) is 5.61. The highest BCUT2D eigenvalue weighted by Crippen LogP contribution is 2.34. The molecule has 9 nitrogen and oxygen atoms in total. The van der Waals surface area contributed by atoms with Crippen molar-refractivity contribution in [3.8, 4) is 34.4 Å². The van der Waals surface area contributed by atoms with Crippen molar-refractivity contribution in [2.24, 2.45) is 5.10 Å². The van der Waals surface area contributed by atoms with Crippen LogP contribution < -0.4 is 24.5 Å². The van der Waals surface area contributed by atoms with Gasteiger partial charge >= 0.3 is 5.97 Å². The van der Waals surface area contributed by atoms with Crippen LogP contribution in [0.2, 0.25) is 10.0 Å². The normalized spacial score (nSPS) is 12.2. The van der Waals surface area contributed by atoms with Gasteiger partial charge in [0.1, 0.15) is 0 Å². The summed E-state index contributed by atoms with van der Waals surface area (Å²) in [5.41, 5.74) is 1.46. The summed E-state index contributed by atoms with van der Waals surface area (Å²) in [5.74, 6) is 1.16. The maximum Gasteiger partial charge on any atom is 0.343 e. The smallest absolute Gasteiger partial charge is 0.343 e. The summed E-state index contributed by atoms with van der Waals surface area (Å²) in [4.78, 5) is 30.9. The van der Waals surface area contributed by atoms with Gasteiger partial charge in [0.25, 0.3) is 5.56 Å². The molecular formula is C30H19Cl2N3O6. The Balaban J connectivity index is 1.34. The number of rotatable bonds is 6. The SMILES string of the molecule is COc1cc(C=Nn2c(-c3ccc(Cl)cc3Cl)nc3ccccc3c2=O)ccc1OC(=O)c1ccc2c(c1)OCO2. The number of esters is 1. The van der Waals surface area contributed by atoms with Crippen LogP contribution in [0.25, 0.3) is 22.3 Å². The highest BCUT2D eigenvalue weighted by Gasteiger charge is 2.19. The molecule has 41 heavy (non-hydrogen) atoms. The monoisotopic (exact) mass is 587 g/mol. The molecule has 0 aliphatic carbocycles. The second-order valence-electron chi connectivity index (χ2n) is 8.81. The van der Waals surface area contributed by atoms with Gasteiger partial charge in [0.15, 0.2) is 28.8 Å². The van der Waals surface area contributed by atoms with E-state index in [4.69, 9.17) is 42.1 Å². The second kappa shape index (κ2) is 11.0. The van der Waals surface area contributed by atoms with E-state index in [0.717, 1.165) is 0 Å². The first kappa shape index (κ1) is 26.4. The van der Waals surface area contributed by atoms with E-state index in [9.17, 15) is 9.59 Å². The average molecular weight is 588 g/mol. The largest absolute Gasteiger partial charge is 0.493 e. The van der Waals surface area contributed by atoms with Gasteiger partial charge < -0.3 is 18.9 Å². The molecule has 1 aromatic heterocycles. The quantitative estimate of drug-likeness (QED) is 0.132. The third-order valence-electron chi connectivity index (χ3n) is 6.25. The van der Waals surface area contributed by atoms with Gasteiger partial charge in [-0.05, 0) is 72.3 Å². The van der Waals surface area contributed by atoms with Crippen LogP contribution in [0.3, 0.4) is 0 Å². The van der Waals surface area contributed by atoms with Crippen LogP contribution in [-0.2, 0) is 0 Å². The highest BCUT2D eigenvalue weighted by atomic mass is 35.5. The first-order valence-electron chi connectivity index (χ1n) is 12.2. The van der Waals surface area contributed by atoms with Crippen molar-refractivity contribution in [3.63, 3.8) is 0 Å². The molecule has 2 heterocycles. The minimum Gasteiger partial charge on any atom is -0.493 e. The Morgan fingerprint density at radius 1 is 0.976 bits per heavy atom. The summed E-state index contributed by atoms with van der Waals surface area (Å²) in [7, 11) is 1.45. The minimum atomic E-state index is -0.596. The summed E-state index contributed by atoms with van der Waals surface area (Å²) in [6.07, 6.45) is 1.47. The predicted molar refractivity (Wildman–Crippen MR) is 155 cm³/mol. The fourth-order valence-corrected chi connectivity index (χ4v) is 4.72. The number of fused-ring (bicyclic) bond motifs is 2. The van der Waals surface area contributed by atoms with Crippen LogP contribution in [0.4, 0.5) is 0 Å². The molecule has 0 amide bonds. The maximum atomic E-state index is 13.5. The van der Waals surface area contributed by atoms with E-state index >= 15 is 0 Å². The van der Waals surface area contributed by atoms with Crippen LogP contribution in [0.15, 0.2) is 88.8 Å². The molecule has 11 heteroatoms. The summed E-state index contributed by atoms with van der Waals surface area (Å²) in [6.45, 7) is 0.0975. The number of benzene rings is 4. The van der Waals surface area contributed by atoms with Crippen LogP contribution in [-0.4, -0.2) is 35.7 Å². The van der Waals surface area contributed by atoms with E-state index in [0.29, 0.717) is 49.1 Å². The number of hydrogen-bond donors (Lipinski definition) is 0. The molecule has 0 N–H and O–H groups in total. The van der Waals surface area contributed by atoms with Gasteiger partial charge in [-0.25, -0.2) is 9.78 Å². The second-order valence-corrected chi connectivity index (χ2v) is 9.65. The van der Waals surface area contributed by atoms with Crippen molar-refractivity contribution in [2.45, 2.75) is 0 Å². The molecule has 0 radical (unpaired) electrons. The van der Waals surface area contributed by atoms with E-state index in [-0.39, 0.29) is 29.7 Å². The number of para-hydroxylation sites is 1. The van der Waals surface area contributed by atoms with E-state index in [1.54, 1.807) is 78.9 Å². The zero-order valence-electron chi connectivity index (χ0n) is 21.3. The molecule has 1 aliphatic heterocycles. The third kappa shape index (κ3) is 5.20. The number of carbonyl (C=O) groups excluding carboxylic acids is 1. The molecule has 204 valence electrons. The molecule has 0 atom stereocenters. The van der Waals surface area contributed by atoms with E-state index < -0.39 is 5.97 Å². The molecule has 0 unspecified atom stereocenters. The number of carbonyl (C=O) groups is 1. The van der Waals surface area contributed by atoms with Crippen molar-refractivity contribution in [3.05, 3.63) is 110 Å². The van der Waals surface area contributed by atoms with Crippen molar-refractivity contribution in [2.75, 3.05) is 13.9 Å². The van der Waals surface area contributed by atoms with Crippen molar-refractivity contribution in [1.29, 1.82) is 0 Å². The van der Waals surface area contributed by atoms with Gasteiger partial charge in [0.05, 0.1) is 34.8 Å². The fraction of sp³-hybridized carbons (Fsp3) is 0.0667. The number of nitrogens with zero attached hydrogens (tertiary/aromatic N) is 3. The van der Waals surface area contributed by atoms with Gasteiger partial charge in [0, 0.05) is 10.6 Å². The molecule has 0 spiro atoms. The van der Waals surface area contributed by atoms with Gasteiger partial charge in [-0.2, -0.15) is 9.78 Å². The predicted octanol–water partition coefficient (Wildman–Crippen LogP) is 6.21. The number of hydrogen-bond acceptors (Lipinski definition) is 8. The Hall–Kier alpha value is -4.86. The number of aromatic nitrogens is 2. The summed E-state index contributed by atoms with van der Waals surface area (Å²) < 4.78 is 22.8. The molecule has 4 aromatic carbocycles. The third-order valence-corrected chi connectivity index (χ3v) is 6.79. The lowest BCUT2D eigenvalue weighted by Gasteiger charge is -2.12. The lowest BCUT2D eigenvalue weighted by molar-refractivity contribution is 0.0729. The molecule has 0 saturated heterocycles. The van der Waals surface area contributed by atoms with E-state index in [1.807, 2.05) is 0 Å². The van der Waals surface area contributed by atoms with E-state index in [1.165, 1.54) is 18.0 Å². The molecule has 0 bridgehead atoms. The zero-order valence-corrected chi connectivity index (χ0v) is 22.8. The molecule has 5 aromatic rings. The van der Waals surface area contributed by atoms with Crippen LogP contribution >= 0.6 is 23.2 Å². The van der Waals surface area contributed by atoms with Crippen LogP contribution in [0.1, 0.15) is 15.9 Å². The molecule has 0 fully saturated rings. The van der Waals surface area contributed by atoms with Gasteiger partial charge in [-0.15, -0.1) is 0 Å². The van der Waals surface area contributed by atoms with E-state index in [2.05, 4.69) is 10.1 Å². The number of ether oxygens (including phenoxy) is 4. The van der Waals surface area contributed by atoms with Crippen LogP contribution in [0.5, 0.6) is 23.0 Å². The molecule has 1 aliphatic rings. The lowest BCUT2D eigenvalue weighted by atomic mass is 10.2. The first-order valence-corrected chi connectivity index (χ1v) is 13.0. The van der Waals surface area contributed by atoms with Crippen molar-refractivity contribution < 1.29 is 23.7 Å². The highest BCUT2D eigenvalue weighted by molar-refractivity contribution is 6.36. The van der Waals surface area contributed by atoms with Crippen molar-refractivity contribution >= 4 is 46.3 Å². The summed E-state index contributed by atoms with van der Waals surface area (Å²) in [6, 6.07) is 21.5. The Labute approximate surface area is 243 Å². The minimum absolute atomic E-state index is 0.0975. The Morgan fingerprint density at radius 3 is 2.63 bits per heavy atom. The number of methoxy groups -OCH3 is 1. The fourth-order valence-electron chi connectivity index (χ4n) is 4.23. The standard InChI is InChI=1S/C30H19Cl2N3O6/c1-38-26-12-17(6-10-25(26)41-30(37)18-7-11-24-27(13-18)40-16-39-24)15-33-35-28(20-9-8-19(31)14-22(20)32)34-23-5-3-2-4-21(23)29(35)36/h2-15H,16H2,1H3. The topological polar surface area (TPSA) is 101 Å². The Bertz CT molecular complexity index is 1920. The van der Waals surface area contributed by atoms with Gasteiger partial charge in [-0.3, -0.25) is 4.79 Å². The maximum absolute atomic E-state index is 13.5. The van der Waals surface area contributed by atoms with Crippen LogP contribution in [0, 0.1) is 0 Å². The molecule has 6 rings (SSSR count). The first-order chi connectivity index (χ1) is 19.9. The average Bonchev–Trinajstić information content (AvgIpc) is 3.45. The Morgan fingerprint density at radius 2 is 1.80 bits per heavy atom. The zero-order chi connectivity index (χ0) is 28.5. The Kier molecular flexibility index (Phi) is 7.05. The van der Waals surface area contributed by atoms with Gasteiger partial charge in [-0.1, -0.05) is 35.3 Å². The lowest BCUT2D eigenvalue weighted by Crippen LogP contribution is -2.20. The van der Waals surface area contributed by atoms with Crippen molar-refractivity contribution in [1.82, 2.24) is 9.66 Å². The summed E-state index contributed by atoms with van der Waals surface area (Å²) >= 11 is 12.5. The van der Waals surface area contributed by atoms with Gasteiger partial charge in [0.2, 0.25) is 6.79 Å². The number of halogens is 2.